The molecular weight excluding hydrogens is 255 g/mol. The lowest BCUT2D eigenvalue weighted by Crippen LogP contribution is -2.12. The maximum atomic E-state index is 13.1. The van der Waals surface area contributed by atoms with Crippen molar-refractivity contribution in [2.75, 3.05) is 6.61 Å². The Kier molecular flexibility index (Phi) is 4.18. The highest BCUT2D eigenvalue weighted by Gasteiger charge is 2.08. The number of rotatable bonds is 4. The first-order valence-corrected chi connectivity index (χ1v) is 6.47. The molecule has 0 aromatic heterocycles. The molecule has 0 fully saturated rings. The summed E-state index contributed by atoms with van der Waals surface area (Å²) in [5.74, 6) is 0.133. The topological polar surface area (TPSA) is 26.3 Å². The molecule has 20 heavy (non-hydrogen) atoms. The molecule has 104 valence electrons. The highest BCUT2D eigenvalue weighted by Crippen LogP contribution is 2.17. The normalized spacial score (nSPS) is 10.4. The molecule has 2 nitrogen and oxygen atoms in total. The van der Waals surface area contributed by atoms with Crippen LogP contribution < -0.4 is 4.74 Å². The number of carbonyl (C=O) groups is 1. The van der Waals surface area contributed by atoms with Gasteiger partial charge in [-0.05, 0) is 61.7 Å². The van der Waals surface area contributed by atoms with Crippen LogP contribution in [0.1, 0.15) is 27.0 Å². The average molecular weight is 272 g/mol. The zero-order valence-electron chi connectivity index (χ0n) is 11.9. The van der Waals surface area contributed by atoms with E-state index in [0.29, 0.717) is 16.9 Å². The minimum absolute atomic E-state index is 0.0480. The van der Waals surface area contributed by atoms with Crippen LogP contribution in [0.2, 0.25) is 0 Å². The van der Waals surface area contributed by atoms with Crippen molar-refractivity contribution in [2.24, 2.45) is 0 Å². The van der Waals surface area contributed by atoms with Crippen LogP contribution in [0.25, 0.3) is 0 Å². The maximum absolute atomic E-state index is 13.1. The number of benzene rings is 2. The summed E-state index contributed by atoms with van der Waals surface area (Å²) in [4.78, 5) is 12.0. The minimum atomic E-state index is -0.280. The van der Waals surface area contributed by atoms with Crippen LogP contribution in [-0.2, 0) is 0 Å². The second kappa shape index (κ2) is 5.87. The molecule has 2 rings (SSSR count). The first-order chi connectivity index (χ1) is 9.47. The van der Waals surface area contributed by atoms with Crippen molar-refractivity contribution in [2.45, 2.75) is 20.8 Å². The Morgan fingerprint density at radius 2 is 1.75 bits per heavy atom. The molecule has 0 spiro atoms. The van der Waals surface area contributed by atoms with E-state index >= 15 is 0 Å². The van der Waals surface area contributed by atoms with E-state index in [1.807, 2.05) is 26.0 Å². The first-order valence-electron chi connectivity index (χ1n) is 6.47. The van der Waals surface area contributed by atoms with Crippen LogP contribution in [0.15, 0.2) is 36.4 Å². The summed E-state index contributed by atoms with van der Waals surface area (Å²) in [5.41, 5.74) is 3.36. The highest BCUT2D eigenvalue weighted by atomic mass is 19.1. The summed E-state index contributed by atoms with van der Waals surface area (Å²) in [5, 5.41) is 0. The third kappa shape index (κ3) is 3.23. The van der Waals surface area contributed by atoms with Crippen LogP contribution in [0, 0.1) is 26.6 Å². The fourth-order valence-electron chi connectivity index (χ4n) is 1.85. The molecule has 0 heterocycles. The van der Waals surface area contributed by atoms with E-state index in [0.717, 1.165) is 11.1 Å². The largest absolute Gasteiger partial charge is 0.485 e. The molecule has 2 aromatic carbocycles. The van der Waals surface area contributed by atoms with Gasteiger partial charge in [0.1, 0.15) is 11.6 Å². The molecule has 0 radical (unpaired) electrons. The van der Waals surface area contributed by atoms with E-state index in [-0.39, 0.29) is 18.2 Å². The van der Waals surface area contributed by atoms with E-state index in [1.165, 1.54) is 12.1 Å². The zero-order valence-corrected chi connectivity index (χ0v) is 11.9. The quantitative estimate of drug-likeness (QED) is 0.786. The van der Waals surface area contributed by atoms with Crippen molar-refractivity contribution in [3.05, 3.63) is 64.5 Å². The summed E-state index contributed by atoms with van der Waals surface area (Å²) < 4.78 is 18.5. The molecular formula is C17H17FO2. The van der Waals surface area contributed by atoms with Gasteiger partial charge in [0.15, 0.2) is 12.4 Å². The molecule has 0 aliphatic rings. The Morgan fingerprint density at radius 3 is 2.40 bits per heavy atom. The van der Waals surface area contributed by atoms with Crippen LogP contribution in [-0.4, -0.2) is 12.4 Å². The van der Waals surface area contributed by atoms with Gasteiger partial charge in [-0.2, -0.15) is 0 Å². The number of aryl methyl sites for hydroxylation is 3. The number of ketones is 1. The Balaban J connectivity index is 2.04. The molecule has 0 aliphatic heterocycles. The maximum Gasteiger partial charge on any atom is 0.200 e. The molecule has 0 amide bonds. The van der Waals surface area contributed by atoms with Gasteiger partial charge in [-0.25, -0.2) is 4.39 Å². The number of ether oxygens (including phenoxy) is 1. The highest BCUT2D eigenvalue weighted by molar-refractivity contribution is 5.97. The molecule has 3 heteroatoms. The van der Waals surface area contributed by atoms with Crippen molar-refractivity contribution in [3.63, 3.8) is 0 Å². The van der Waals surface area contributed by atoms with Crippen LogP contribution in [0.5, 0.6) is 5.75 Å². The van der Waals surface area contributed by atoms with Crippen molar-refractivity contribution >= 4 is 5.78 Å². The fourth-order valence-corrected chi connectivity index (χ4v) is 1.85. The van der Waals surface area contributed by atoms with Gasteiger partial charge >= 0.3 is 0 Å². The fraction of sp³-hybridized carbons (Fsp3) is 0.235. The monoisotopic (exact) mass is 272 g/mol. The van der Waals surface area contributed by atoms with E-state index in [4.69, 9.17) is 4.74 Å². The van der Waals surface area contributed by atoms with Gasteiger partial charge in [0, 0.05) is 5.56 Å². The summed E-state index contributed by atoms with van der Waals surface area (Å²) in [6.45, 7) is 5.58. The van der Waals surface area contributed by atoms with Gasteiger partial charge in [0.2, 0.25) is 0 Å². The molecule has 2 aromatic rings. The molecule has 0 N–H and O–H groups in total. The van der Waals surface area contributed by atoms with Crippen LogP contribution in [0.3, 0.4) is 0 Å². The molecule has 0 bridgehead atoms. The van der Waals surface area contributed by atoms with Crippen LogP contribution in [0.4, 0.5) is 4.39 Å². The van der Waals surface area contributed by atoms with E-state index in [9.17, 15) is 9.18 Å². The second-order valence-electron chi connectivity index (χ2n) is 4.92. The van der Waals surface area contributed by atoms with E-state index < -0.39 is 0 Å². The third-order valence-electron chi connectivity index (χ3n) is 3.33. The number of hydrogen-bond acceptors (Lipinski definition) is 2. The third-order valence-corrected chi connectivity index (χ3v) is 3.33. The SMILES string of the molecule is Cc1ccc(C(=O)COc2ccc(F)c(C)c2)cc1C. The summed E-state index contributed by atoms with van der Waals surface area (Å²) in [6.07, 6.45) is 0. The average Bonchev–Trinajstić information content (AvgIpc) is 2.43. The van der Waals surface area contributed by atoms with Gasteiger partial charge < -0.3 is 4.74 Å². The van der Waals surface area contributed by atoms with E-state index in [1.54, 1.807) is 19.1 Å². The van der Waals surface area contributed by atoms with Gasteiger partial charge in [-0.1, -0.05) is 12.1 Å². The summed E-state index contributed by atoms with van der Waals surface area (Å²) in [7, 11) is 0. The number of Topliss-reactive ketones (excluding diaryl/α,β-unsaturated/α-hetero) is 1. The van der Waals surface area contributed by atoms with E-state index in [2.05, 4.69) is 0 Å². The van der Waals surface area contributed by atoms with Crippen molar-refractivity contribution < 1.29 is 13.9 Å². The van der Waals surface area contributed by atoms with Gasteiger partial charge in [-0.3, -0.25) is 4.79 Å². The standard InChI is InChI=1S/C17H17FO2/c1-11-4-5-14(8-12(11)2)17(19)10-20-15-6-7-16(18)13(3)9-15/h4-9H,10H2,1-3H3. The van der Waals surface area contributed by atoms with Crippen molar-refractivity contribution in [1.29, 1.82) is 0 Å². The Hall–Kier alpha value is -2.16. The number of halogens is 1. The van der Waals surface area contributed by atoms with Crippen molar-refractivity contribution in [1.82, 2.24) is 0 Å². The minimum Gasteiger partial charge on any atom is -0.485 e. The van der Waals surface area contributed by atoms with Gasteiger partial charge in [-0.15, -0.1) is 0 Å². The molecule has 0 unspecified atom stereocenters. The molecule has 0 saturated heterocycles. The summed E-state index contributed by atoms with van der Waals surface area (Å²) in [6, 6.07) is 10.0. The predicted molar refractivity (Wildman–Crippen MR) is 76.9 cm³/mol. The lowest BCUT2D eigenvalue weighted by molar-refractivity contribution is 0.0921. The summed E-state index contributed by atoms with van der Waals surface area (Å²) >= 11 is 0. The Morgan fingerprint density at radius 1 is 1.00 bits per heavy atom. The van der Waals surface area contributed by atoms with Crippen LogP contribution >= 0.6 is 0 Å². The van der Waals surface area contributed by atoms with Crippen molar-refractivity contribution in [3.8, 4) is 5.75 Å². The smallest absolute Gasteiger partial charge is 0.200 e. The number of hydrogen-bond donors (Lipinski definition) is 0. The lowest BCUT2D eigenvalue weighted by Gasteiger charge is -2.08. The predicted octanol–water partition coefficient (Wildman–Crippen LogP) is 4.01. The van der Waals surface area contributed by atoms with Gasteiger partial charge in [0.05, 0.1) is 0 Å². The zero-order chi connectivity index (χ0) is 14.7. The van der Waals surface area contributed by atoms with Gasteiger partial charge in [0.25, 0.3) is 0 Å². The molecule has 0 atom stereocenters. The lowest BCUT2D eigenvalue weighted by atomic mass is 10.0. The first kappa shape index (κ1) is 14.3. The number of carbonyl (C=O) groups excluding carboxylic acids is 1. The Labute approximate surface area is 118 Å². The second-order valence-corrected chi connectivity index (χ2v) is 4.92. The molecule has 0 saturated carbocycles. The Bertz CT molecular complexity index is 647. The molecule has 0 aliphatic carbocycles.